The maximum atomic E-state index is 3.84. The monoisotopic (exact) mass is 245 g/mol. The average molecular weight is 245 g/mol. The molecule has 1 aromatic rings. The van der Waals surface area contributed by atoms with Crippen molar-refractivity contribution >= 4 is 0 Å². The molecule has 1 fully saturated rings. The molecule has 18 heavy (non-hydrogen) atoms. The van der Waals surface area contributed by atoms with Crippen molar-refractivity contribution in [3.05, 3.63) is 35.4 Å². The summed E-state index contributed by atoms with van der Waals surface area (Å²) in [5.74, 6) is 0.922. The van der Waals surface area contributed by atoms with Crippen molar-refractivity contribution in [1.82, 2.24) is 5.32 Å². The molecule has 2 unspecified atom stereocenters. The Labute approximate surface area is 112 Å². The Morgan fingerprint density at radius 2 is 1.89 bits per heavy atom. The van der Waals surface area contributed by atoms with Gasteiger partial charge in [0, 0.05) is 12.1 Å². The highest BCUT2D eigenvalue weighted by atomic mass is 14.9. The molecule has 0 aromatic heterocycles. The highest BCUT2D eigenvalue weighted by Crippen LogP contribution is 2.25. The van der Waals surface area contributed by atoms with Crippen LogP contribution in [0.1, 0.15) is 63.1 Å². The van der Waals surface area contributed by atoms with Crippen LogP contribution in [0.2, 0.25) is 0 Å². The van der Waals surface area contributed by atoms with Gasteiger partial charge in [0.2, 0.25) is 0 Å². The Hall–Kier alpha value is -0.820. The average Bonchev–Trinajstić information content (AvgIpc) is 2.55. The van der Waals surface area contributed by atoms with Crippen LogP contribution in [-0.4, -0.2) is 6.04 Å². The van der Waals surface area contributed by atoms with Crippen molar-refractivity contribution in [2.45, 2.75) is 65.0 Å². The second-order valence-electron chi connectivity index (χ2n) is 6.06. The summed E-state index contributed by atoms with van der Waals surface area (Å²) in [5, 5.41) is 3.84. The largest absolute Gasteiger partial charge is 0.307 e. The van der Waals surface area contributed by atoms with Crippen LogP contribution in [0.15, 0.2) is 24.3 Å². The maximum absolute atomic E-state index is 3.84. The van der Waals surface area contributed by atoms with Crippen LogP contribution in [0.3, 0.4) is 0 Å². The molecule has 0 radical (unpaired) electrons. The predicted molar refractivity (Wildman–Crippen MR) is 78.8 cm³/mol. The van der Waals surface area contributed by atoms with E-state index in [1.807, 2.05) is 0 Å². The molecule has 0 bridgehead atoms. The topological polar surface area (TPSA) is 12.0 Å². The Balaban J connectivity index is 1.94. The van der Waals surface area contributed by atoms with E-state index in [1.165, 1.54) is 43.2 Å². The van der Waals surface area contributed by atoms with E-state index in [9.17, 15) is 0 Å². The molecule has 0 amide bonds. The van der Waals surface area contributed by atoms with Crippen molar-refractivity contribution in [2.75, 3.05) is 0 Å². The number of hydrogen-bond donors (Lipinski definition) is 1. The van der Waals surface area contributed by atoms with E-state index in [-0.39, 0.29) is 0 Å². The zero-order chi connectivity index (χ0) is 13.0. The first-order chi connectivity index (χ1) is 8.66. The molecule has 1 nitrogen and oxygen atoms in total. The zero-order valence-electron chi connectivity index (χ0n) is 12.1. The summed E-state index contributed by atoms with van der Waals surface area (Å²) in [6, 6.07) is 9.93. The minimum atomic E-state index is 0.476. The van der Waals surface area contributed by atoms with Gasteiger partial charge >= 0.3 is 0 Å². The first kappa shape index (κ1) is 13.6. The van der Waals surface area contributed by atoms with Crippen molar-refractivity contribution in [3.63, 3.8) is 0 Å². The second kappa shape index (κ2) is 6.38. The SMILES string of the molecule is Cc1ccccc1[C@H](C)NC1CCCC(C)CC1. The fourth-order valence-corrected chi connectivity index (χ4v) is 3.17. The zero-order valence-corrected chi connectivity index (χ0v) is 12.1. The molecular formula is C17H27N. The van der Waals surface area contributed by atoms with E-state index in [0.717, 1.165) is 5.92 Å². The Morgan fingerprint density at radius 1 is 1.11 bits per heavy atom. The minimum Gasteiger partial charge on any atom is -0.307 e. The van der Waals surface area contributed by atoms with E-state index in [1.54, 1.807) is 0 Å². The molecule has 1 heteroatoms. The van der Waals surface area contributed by atoms with Crippen LogP contribution in [0.25, 0.3) is 0 Å². The van der Waals surface area contributed by atoms with Gasteiger partial charge in [0.25, 0.3) is 0 Å². The Morgan fingerprint density at radius 3 is 2.67 bits per heavy atom. The van der Waals surface area contributed by atoms with Crippen LogP contribution in [-0.2, 0) is 0 Å². The summed E-state index contributed by atoms with van der Waals surface area (Å²) in [4.78, 5) is 0. The predicted octanol–water partition coefficient (Wildman–Crippen LogP) is 4.61. The normalized spacial score (nSPS) is 26.6. The third-order valence-corrected chi connectivity index (χ3v) is 4.40. The van der Waals surface area contributed by atoms with Gasteiger partial charge in [0.05, 0.1) is 0 Å². The summed E-state index contributed by atoms with van der Waals surface area (Å²) in [6.07, 6.45) is 6.88. The summed E-state index contributed by atoms with van der Waals surface area (Å²) in [7, 11) is 0. The Bertz CT molecular complexity index is 372. The van der Waals surface area contributed by atoms with Gasteiger partial charge < -0.3 is 5.32 Å². The fourth-order valence-electron chi connectivity index (χ4n) is 3.17. The lowest BCUT2D eigenvalue weighted by atomic mass is 10.00. The van der Waals surface area contributed by atoms with Gasteiger partial charge in [-0.2, -0.15) is 0 Å². The lowest BCUT2D eigenvalue weighted by Gasteiger charge is -2.23. The first-order valence-electron chi connectivity index (χ1n) is 7.48. The van der Waals surface area contributed by atoms with Crippen LogP contribution >= 0.6 is 0 Å². The molecule has 100 valence electrons. The lowest BCUT2D eigenvalue weighted by molar-refractivity contribution is 0.407. The number of hydrogen-bond acceptors (Lipinski definition) is 1. The van der Waals surface area contributed by atoms with Crippen molar-refractivity contribution in [1.29, 1.82) is 0 Å². The molecule has 0 saturated heterocycles. The van der Waals surface area contributed by atoms with Gasteiger partial charge in [-0.1, -0.05) is 44.0 Å². The van der Waals surface area contributed by atoms with Crippen molar-refractivity contribution in [3.8, 4) is 0 Å². The van der Waals surface area contributed by atoms with E-state index in [4.69, 9.17) is 0 Å². The lowest BCUT2D eigenvalue weighted by Crippen LogP contribution is -2.31. The molecule has 3 atom stereocenters. The van der Waals surface area contributed by atoms with E-state index in [0.29, 0.717) is 12.1 Å². The summed E-state index contributed by atoms with van der Waals surface area (Å²) in [5.41, 5.74) is 2.86. The minimum absolute atomic E-state index is 0.476. The molecule has 1 aliphatic carbocycles. The summed E-state index contributed by atoms with van der Waals surface area (Å²) >= 11 is 0. The smallest absolute Gasteiger partial charge is 0.0296 e. The number of benzene rings is 1. The van der Waals surface area contributed by atoms with Gasteiger partial charge in [0.1, 0.15) is 0 Å². The van der Waals surface area contributed by atoms with E-state index in [2.05, 4.69) is 50.4 Å². The van der Waals surface area contributed by atoms with Gasteiger partial charge in [-0.25, -0.2) is 0 Å². The van der Waals surface area contributed by atoms with Gasteiger partial charge in [-0.3, -0.25) is 0 Å². The van der Waals surface area contributed by atoms with Gasteiger partial charge in [0.15, 0.2) is 0 Å². The first-order valence-corrected chi connectivity index (χ1v) is 7.48. The highest BCUT2D eigenvalue weighted by Gasteiger charge is 2.18. The van der Waals surface area contributed by atoms with Crippen LogP contribution in [0, 0.1) is 12.8 Å². The summed E-state index contributed by atoms with van der Waals surface area (Å²) in [6.45, 7) is 6.91. The maximum Gasteiger partial charge on any atom is 0.0296 e. The quantitative estimate of drug-likeness (QED) is 0.767. The van der Waals surface area contributed by atoms with Crippen LogP contribution < -0.4 is 5.32 Å². The molecule has 0 spiro atoms. The molecular weight excluding hydrogens is 218 g/mol. The Kier molecular flexibility index (Phi) is 4.82. The highest BCUT2D eigenvalue weighted by molar-refractivity contribution is 5.28. The number of aryl methyl sites for hydroxylation is 1. The molecule has 0 aliphatic heterocycles. The van der Waals surface area contributed by atoms with Crippen LogP contribution in [0.4, 0.5) is 0 Å². The van der Waals surface area contributed by atoms with Gasteiger partial charge in [-0.15, -0.1) is 0 Å². The summed E-state index contributed by atoms with van der Waals surface area (Å²) < 4.78 is 0. The second-order valence-corrected chi connectivity index (χ2v) is 6.06. The van der Waals surface area contributed by atoms with Crippen molar-refractivity contribution in [2.24, 2.45) is 5.92 Å². The fraction of sp³-hybridized carbons (Fsp3) is 0.647. The standard InChI is InChI=1S/C17H27N/c1-13-7-6-9-16(12-11-13)18-15(3)17-10-5-4-8-14(17)2/h4-5,8,10,13,15-16,18H,6-7,9,11-12H2,1-3H3/t13?,15-,16?/m0/s1. The molecule has 0 heterocycles. The van der Waals surface area contributed by atoms with Crippen LogP contribution in [0.5, 0.6) is 0 Å². The van der Waals surface area contributed by atoms with Crippen molar-refractivity contribution < 1.29 is 0 Å². The molecule has 1 aromatic carbocycles. The molecule has 1 N–H and O–H groups in total. The molecule has 1 aliphatic rings. The third-order valence-electron chi connectivity index (χ3n) is 4.40. The van der Waals surface area contributed by atoms with Gasteiger partial charge in [-0.05, 0) is 50.2 Å². The number of nitrogens with one attached hydrogen (secondary N) is 1. The van der Waals surface area contributed by atoms with E-state index >= 15 is 0 Å². The molecule has 2 rings (SSSR count). The molecule has 1 saturated carbocycles. The number of rotatable bonds is 3. The van der Waals surface area contributed by atoms with E-state index < -0.39 is 0 Å². The third kappa shape index (κ3) is 3.58.